The summed E-state index contributed by atoms with van der Waals surface area (Å²) < 4.78 is 4.66. The monoisotopic (exact) mass is 1050 g/mol. The van der Waals surface area contributed by atoms with E-state index in [1.54, 1.807) is 0 Å². The predicted molar refractivity (Wildman–Crippen MR) is 333 cm³/mol. The lowest BCUT2D eigenvalue weighted by molar-refractivity contribution is 0.591. The first-order valence-electron chi connectivity index (χ1n) is 27.5. The molecule has 8 heteroatoms. The van der Waals surface area contributed by atoms with Gasteiger partial charge in [-0.05, 0) is 158 Å². The summed E-state index contributed by atoms with van der Waals surface area (Å²) in [5.74, 6) is 1.39. The van der Waals surface area contributed by atoms with E-state index in [9.17, 15) is 15.8 Å². The lowest BCUT2D eigenvalue weighted by Crippen LogP contribution is -2.10. The van der Waals surface area contributed by atoms with Crippen molar-refractivity contribution >= 4 is 43.6 Å². The average Bonchev–Trinajstić information content (AvgIpc) is 3.79. The van der Waals surface area contributed by atoms with Crippen LogP contribution in [0.4, 0.5) is 0 Å². The smallest absolute Gasteiger partial charge is 0.166 e. The fourth-order valence-corrected chi connectivity index (χ4v) is 11.4. The first-order chi connectivity index (χ1) is 39.7. The molecule has 0 amide bonds. The van der Waals surface area contributed by atoms with E-state index >= 15 is 0 Å². The third kappa shape index (κ3) is 9.02. The first-order valence-corrected chi connectivity index (χ1v) is 27.5. The van der Waals surface area contributed by atoms with E-state index in [4.69, 9.17) is 15.0 Å². The van der Waals surface area contributed by atoms with Crippen LogP contribution in [0.25, 0.3) is 123 Å². The summed E-state index contributed by atoms with van der Waals surface area (Å²) in [6, 6.07) is 81.7. The minimum atomic E-state index is -0.0877. The quantitative estimate of drug-likeness (QED) is 0.149. The van der Waals surface area contributed by atoms with Crippen molar-refractivity contribution in [3.63, 3.8) is 0 Å². The van der Waals surface area contributed by atoms with Gasteiger partial charge in [0.1, 0.15) is 0 Å². The maximum atomic E-state index is 10.1. The fraction of sp³-hybridized carbons (Fsp3) is 0.108. The Hall–Kier alpha value is -10.7. The summed E-state index contributed by atoms with van der Waals surface area (Å²) in [5, 5.41) is 34.3. The molecule has 10 aromatic carbocycles. The fourth-order valence-electron chi connectivity index (χ4n) is 11.4. The van der Waals surface area contributed by atoms with Gasteiger partial charge in [0.25, 0.3) is 0 Å². The van der Waals surface area contributed by atoms with Crippen molar-refractivity contribution in [1.82, 2.24) is 24.1 Å². The second-order valence-electron chi connectivity index (χ2n) is 23.1. The topological polar surface area (TPSA) is 120 Å². The molecule has 0 unspecified atom stereocenters. The number of rotatable bonds is 8. The zero-order valence-electron chi connectivity index (χ0n) is 46.4. The van der Waals surface area contributed by atoms with E-state index in [2.05, 4.69) is 202 Å². The molecule has 0 N–H and O–H groups in total. The third-order valence-corrected chi connectivity index (χ3v) is 15.8. The Kier molecular flexibility index (Phi) is 12.3. The van der Waals surface area contributed by atoms with Crippen LogP contribution < -0.4 is 0 Å². The highest BCUT2D eigenvalue weighted by molar-refractivity contribution is 6.11. The van der Waals surface area contributed by atoms with E-state index in [-0.39, 0.29) is 10.8 Å². The molecule has 13 rings (SSSR count). The number of hydrogen-bond donors (Lipinski definition) is 0. The summed E-state index contributed by atoms with van der Waals surface area (Å²) in [5.41, 5.74) is 17.7. The van der Waals surface area contributed by atoms with Crippen molar-refractivity contribution in [2.45, 2.75) is 52.4 Å². The molecule has 8 nitrogen and oxygen atoms in total. The minimum absolute atomic E-state index is 0.0877. The molecule has 82 heavy (non-hydrogen) atoms. The molecule has 0 saturated heterocycles. The van der Waals surface area contributed by atoms with Gasteiger partial charge in [0.15, 0.2) is 17.5 Å². The lowest BCUT2D eigenvalue weighted by atomic mass is 9.86. The van der Waals surface area contributed by atoms with Crippen LogP contribution in [-0.2, 0) is 10.8 Å². The standard InChI is InChI=1S/C74H54N8/c1-73(2,3)56-30-34-66-62(41-56)58-20-7-9-22-64(58)81(66)68-39-53(50-16-11-14-47(36-50)44-76)28-32-60(68)71-78-70(55-19-13-18-52(38-55)49-26-24-46(43-75)25-27-49)79-72(80-71)61-33-29-54(51-17-12-15-48(37-51)45-77)40-69(61)82-65-23-10-8-21-59(65)63-42-57(74(4,5)6)31-35-67(63)82/h7-42H,1-6H3. The second kappa shape index (κ2) is 19.9. The summed E-state index contributed by atoms with van der Waals surface area (Å²) in [7, 11) is 0. The van der Waals surface area contributed by atoms with Crippen LogP contribution in [0.15, 0.2) is 218 Å². The lowest BCUT2D eigenvalue weighted by Gasteiger charge is -2.20. The number of benzene rings is 10. The highest BCUT2D eigenvalue weighted by Crippen LogP contribution is 2.43. The number of nitrogens with zero attached hydrogens (tertiary/aromatic N) is 8. The van der Waals surface area contributed by atoms with E-state index in [0.29, 0.717) is 34.2 Å². The number of hydrogen-bond acceptors (Lipinski definition) is 6. The van der Waals surface area contributed by atoms with Crippen molar-refractivity contribution in [1.29, 1.82) is 15.8 Å². The van der Waals surface area contributed by atoms with Gasteiger partial charge in [-0.15, -0.1) is 0 Å². The molecule has 0 fully saturated rings. The van der Waals surface area contributed by atoms with E-state index in [1.165, 1.54) is 11.1 Å². The van der Waals surface area contributed by atoms with Crippen LogP contribution in [0.2, 0.25) is 0 Å². The molecule has 13 aromatic rings. The van der Waals surface area contributed by atoms with Crippen LogP contribution >= 0.6 is 0 Å². The summed E-state index contributed by atoms with van der Waals surface area (Å²) in [6.45, 7) is 13.5. The zero-order chi connectivity index (χ0) is 56.4. The number of nitriles is 3. The molecule has 3 aromatic heterocycles. The Labute approximate surface area is 476 Å². The summed E-state index contributed by atoms with van der Waals surface area (Å²) >= 11 is 0. The van der Waals surface area contributed by atoms with Crippen molar-refractivity contribution < 1.29 is 0 Å². The molecule has 0 atom stereocenters. The number of para-hydroxylation sites is 2. The molecule has 390 valence electrons. The largest absolute Gasteiger partial charge is 0.308 e. The van der Waals surface area contributed by atoms with Gasteiger partial charge in [-0.2, -0.15) is 15.8 Å². The van der Waals surface area contributed by atoms with E-state index in [1.807, 2.05) is 84.9 Å². The van der Waals surface area contributed by atoms with Gasteiger partial charge in [-0.3, -0.25) is 0 Å². The minimum Gasteiger partial charge on any atom is -0.308 e. The van der Waals surface area contributed by atoms with Gasteiger partial charge in [0.2, 0.25) is 0 Å². The van der Waals surface area contributed by atoms with Gasteiger partial charge in [-0.1, -0.05) is 157 Å². The van der Waals surface area contributed by atoms with Gasteiger partial charge in [0, 0.05) is 38.2 Å². The molecule has 0 bridgehead atoms. The molecule has 3 heterocycles. The van der Waals surface area contributed by atoms with Gasteiger partial charge >= 0.3 is 0 Å². The molecule has 0 aliphatic heterocycles. The summed E-state index contributed by atoms with van der Waals surface area (Å²) in [6.07, 6.45) is 0. The highest BCUT2D eigenvalue weighted by atomic mass is 15.1. The Bertz CT molecular complexity index is 4610. The first kappa shape index (κ1) is 50.8. The van der Waals surface area contributed by atoms with E-state index < -0.39 is 0 Å². The maximum absolute atomic E-state index is 10.1. The SMILES string of the molecule is CC(C)(C)c1ccc2c(c1)c1ccccc1n2-c1cc(-c2cccc(C#N)c2)ccc1-c1nc(-c2cccc(-c3ccc(C#N)cc3)c2)nc(-c2ccc(-c3cccc(C#N)c3)cc2-n2c3ccccc3c3cc(C(C)(C)C)ccc32)n1. The number of fused-ring (bicyclic) bond motifs is 6. The van der Waals surface area contributed by atoms with Gasteiger partial charge in [-0.25, -0.2) is 15.0 Å². The van der Waals surface area contributed by atoms with Crippen molar-refractivity contribution in [3.05, 3.63) is 246 Å². The van der Waals surface area contributed by atoms with Gasteiger partial charge < -0.3 is 9.13 Å². The molecular weight excluding hydrogens is 1000 g/mol. The third-order valence-electron chi connectivity index (χ3n) is 15.8. The average molecular weight is 1060 g/mol. The van der Waals surface area contributed by atoms with Gasteiger partial charge in [0.05, 0.1) is 68.3 Å². The second-order valence-corrected chi connectivity index (χ2v) is 23.1. The van der Waals surface area contributed by atoms with Crippen LogP contribution in [-0.4, -0.2) is 24.1 Å². The molecule has 0 saturated carbocycles. The van der Waals surface area contributed by atoms with Crippen LogP contribution in [0.3, 0.4) is 0 Å². The van der Waals surface area contributed by atoms with Crippen molar-refractivity contribution in [2.75, 3.05) is 0 Å². The molecular formula is C74H54N8. The molecule has 0 aliphatic carbocycles. The Morgan fingerprint density at radius 1 is 0.305 bits per heavy atom. The van der Waals surface area contributed by atoms with Crippen molar-refractivity contribution in [2.24, 2.45) is 0 Å². The molecule has 0 radical (unpaired) electrons. The van der Waals surface area contributed by atoms with E-state index in [0.717, 1.165) is 105 Å². The Morgan fingerprint density at radius 3 is 1.16 bits per heavy atom. The molecule has 0 aliphatic rings. The Morgan fingerprint density at radius 2 is 0.695 bits per heavy atom. The summed E-state index contributed by atoms with van der Waals surface area (Å²) in [4.78, 5) is 16.7. The van der Waals surface area contributed by atoms with Crippen molar-refractivity contribution in [3.8, 4) is 97.1 Å². The highest BCUT2D eigenvalue weighted by Gasteiger charge is 2.26. The maximum Gasteiger partial charge on any atom is 0.166 e. The predicted octanol–water partition coefficient (Wildman–Crippen LogP) is 18.3. The Balaban J connectivity index is 1.13. The van der Waals surface area contributed by atoms with Crippen LogP contribution in [0, 0.1) is 34.0 Å². The van der Waals surface area contributed by atoms with Crippen LogP contribution in [0.5, 0.6) is 0 Å². The zero-order valence-corrected chi connectivity index (χ0v) is 46.4. The molecule has 0 spiro atoms. The number of aromatic nitrogens is 5. The van der Waals surface area contributed by atoms with Crippen LogP contribution in [0.1, 0.15) is 69.4 Å². The normalized spacial score (nSPS) is 11.7.